The highest BCUT2D eigenvalue weighted by atomic mass is 35.5. The van der Waals surface area contributed by atoms with Crippen LogP contribution in [0.25, 0.3) is 6.08 Å². The van der Waals surface area contributed by atoms with Crippen LogP contribution in [0.4, 0.5) is 0 Å². The number of carbonyl (C=O) groups is 1. The van der Waals surface area contributed by atoms with Crippen LogP contribution in [0, 0.1) is 0 Å². The minimum Gasteiger partial charge on any atom is -0.463 e. The van der Waals surface area contributed by atoms with Gasteiger partial charge in [0.05, 0.1) is 6.61 Å². The highest BCUT2D eigenvalue weighted by Crippen LogP contribution is 2.02. The molecule has 0 bridgehead atoms. The lowest BCUT2D eigenvalue weighted by Crippen LogP contribution is -2.36. The van der Waals surface area contributed by atoms with Gasteiger partial charge in [0.15, 0.2) is 0 Å². The Bertz CT molecular complexity index is 478. The van der Waals surface area contributed by atoms with E-state index in [4.69, 9.17) is 0 Å². The molecular weight excluding hydrogens is 314 g/mol. The monoisotopic (exact) mass is 340 g/mol. The van der Waals surface area contributed by atoms with Gasteiger partial charge in [-0.2, -0.15) is 0 Å². The first kappa shape index (κ1) is 23.4. The molecule has 129 valence electrons. The first-order valence-corrected chi connectivity index (χ1v) is 7.04. The fraction of sp³-hybridized carbons (Fsp3) is 0.353. The summed E-state index contributed by atoms with van der Waals surface area (Å²) in [4.78, 5) is 10.4. The Hall–Kier alpha value is -1.82. The number of hydrogen-bond donors (Lipinski definition) is 0. The highest BCUT2D eigenvalue weighted by molar-refractivity contribution is 5.86. The molecule has 0 unspecified atom stereocenters. The lowest BCUT2D eigenvalue weighted by molar-refractivity contribution is -0.138. The Balaban J connectivity index is 0. The highest BCUT2D eigenvalue weighted by Gasteiger charge is 1.98. The van der Waals surface area contributed by atoms with E-state index in [0.29, 0.717) is 12.2 Å². The van der Waals surface area contributed by atoms with E-state index in [1.807, 2.05) is 49.6 Å². The number of rotatable bonds is 6. The van der Waals surface area contributed by atoms with E-state index in [-0.39, 0.29) is 18.4 Å². The molecule has 1 aromatic rings. The summed E-state index contributed by atoms with van der Waals surface area (Å²) in [5.74, 6) is -0.312. The van der Waals surface area contributed by atoms with Gasteiger partial charge in [-0.1, -0.05) is 36.9 Å². The molecule has 0 N–H and O–H groups in total. The van der Waals surface area contributed by atoms with Crippen molar-refractivity contribution in [3.8, 4) is 0 Å². The van der Waals surface area contributed by atoms with Crippen LogP contribution in [-0.2, 0) is 9.53 Å². The van der Waals surface area contributed by atoms with Gasteiger partial charge in [-0.05, 0) is 25.5 Å². The van der Waals surface area contributed by atoms with Crippen molar-refractivity contribution in [1.29, 1.82) is 0 Å². The SMILES string of the molecule is C=C(C)C(=O)OCC.C[N]N(C)N(C)C=Cc1ccccc1.Cl. The van der Waals surface area contributed by atoms with Crippen LogP contribution in [0.5, 0.6) is 0 Å². The fourth-order valence-corrected chi connectivity index (χ4v) is 1.25. The average molecular weight is 341 g/mol. The van der Waals surface area contributed by atoms with Crippen molar-refractivity contribution >= 4 is 24.5 Å². The third-order valence-corrected chi connectivity index (χ3v) is 2.65. The molecule has 0 saturated heterocycles. The molecule has 0 heterocycles. The van der Waals surface area contributed by atoms with E-state index >= 15 is 0 Å². The van der Waals surface area contributed by atoms with Crippen LogP contribution < -0.4 is 5.43 Å². The van der Waals surface area contributed by atoms with E-state index < -0.39 is 0 Å². The maximum Gasteiger partial charge on any atom is 0.333 e. The van der Waals surface area contributed by atoms with Gasteiger partial charge in [-0.15, -0.1) is 23.0 Å². The summed E-state index contributed by atoms with van der Waals surface area (Å²) in [5, 5.41) is 3.67. The molecule has 0 atom stereocenters. The number of halogens is 1. The zero-order valence-electron chi connectivity index (χ0n) is 14.5. The van der Waals surface area contributed by atoms with Gasteiger partial charge in [0.25, 0.3) is 0 Å². The van der Waals surface area contributed by atoms with Crippen molar-refractivity contribution in [2.75, 3.05) is 27.7 Å². The van der Waals surface area contributed by atoms with Gasteiger partial charge < -0.3 is 9.75 Å². The summed E-state index contributed by atoms with van der Waals surface area (Å²) in [5.41, 5.74) is 5.64. The standard InChI is InChI=1S/C11H16N3.C6H10O2.ClH/c1-12-14(3)13(2)10-9-11-7-5-4-6-8-11;1-4-8-6(7)5(2)3;/h4-10H,1-3H3;2,4H2,1,3H3;1H. The number of ether oxygens (including phenoxy) is 1. The predicted octanol–water partition coefficient (Wildman–Crippen LogP) is 3.13. The number of hydrogen-bond acceptors (Lipinski definition) is 4. The van der Waals surface area contributed by atoms with Crippen LogP contribution >= 0.6 is 12.4 Å². The van der Waals surface area contributed by atoms with Crippen molar-refractivity contribution in [2.45, 2.75) is 13.8 Å². The molecule has 0 fully saturated rings. The fourth-order valence-electron chi connectivity index (χ4n) is 1.25. The van der Waals surface area contributed by atoms with Crippen molar-refractivity contribution in [3.05, 3.63) is 54.2 Å². The summed E-state index contributed by atoms with van der Waals surface area (Å²) in [6.07, 6.45) is 4.02. The third kappa shape index (κ3) is 11.4. The second-order valence-electron chi connectivity index (χ2n) is 4.49. The first-order chi connectivity index (χ1) is 10.4. The molecular formula is C17H27ClN3O2. The summed E-state index contributed by atoms with van der Waals surface area (Å²) in [6.45, 7) is 7.21. The molecule has 1 aromatic carbocycles. The van der Waals surface area contributed by atoms with Gasteiger partial charge in [0.1, 0.15) is 0 Å². The van der Waals surface area contributed by atoms with E-state index in [9.17, 15) is 4.79 Å². The minimum atomic E-state index is -0.312. The number of esters is 1. The smallest absolute Gasteiger partial charge is 0.333 e. The maximum atomic E-state index is 10.4. The van der Waals surface area contributed by atoms with Gasteiger partial charge in [0, 0.05) is 32.9 Å². The molecule has 1 radical (unpaired) electrons. The Morgan fingerprint density at radius 3 is 2.26 bits per heavy atom. The van der Waals surface area contributed by atoms with Gasteiger partial charge in [0.2, 0.25) is 0 Å². The van der Waals surface area contributed by atoms with E-state index in [0.717, 1.165) is 0 Å². The third-order valence-electron chi connectivity index (χ3n) is 2.65. The predicted molar refractivity (Wildman–Crippen MR) is 97.8 cm³/mol. The summed E-state index contributed by atoms with van der Waals surface area (Å²) in [6, 6.07) is 10.2. The lowest BCUT2D eigenvalue weighted by atomic mass is 10.2. The zero-order chi connectivity index (χ0) is 17.0. The van der Waals surface area contributed by atoms with Crippen LogP contribution in [-0.4, -0.2) is 43.8 Å². The molecule has 5 nitrogen and oxygen atoms in total. The Labute approximate surface area is 146 Å². The van der Waals surface area contributed by atoms with Crippen LogP contribution in [0.2, 0.25) is 0 Å². The number of benzene rings is 1. The molecule has 0 aliphatic carbocycles. The molecule has 0 aliphatic heterocycles. The number of carbonyl (C=O) groups excluding carboxylic acids is 1. The second kappa shape index (κ2) is 13.8. The van der Waals surface area contributed by atoms with Gasteiger partial charge in [-0.25, -0.2) is 4.79 Å². The average Bonchev–Trinajstić information content (AvgIpc) is 2.53. The largest absolute Gasteiger partial charge is 0.463 e. The van der Waals surface area contributed by atoms with Crippen LogP contribution in [0.1, 0.15) is 19.4 Å². The topological polar surface area (TPSA) is 46.9 Å². The van der Waals surface area contributed by atoms with Gasteiger partial charge >= 0.3 is 5.97 Å². The summed E-state index contributed by atoms with van der Waals surface area (Å²) in [7, 11) is 5.61. The zero-order valence-corrected chi connectivity index (χ0v) is 15.3. The Morgan fingerprint density at radius 2 is 1.87 bits per heavy atom. The van der Waals surface area contributed by atoms with E-state index in [1.54, 1.807) is 26.0 Å². The number of hydrazine groups is 1. The second-order valence-corrected chi connectivity index (χ2v) is 4.49. The van der Waals surface area contributed by atoms with Crippen LogP contribution in [0.3, 0.4) is 0 Å². The van der Waals surface area contributed by atoms with Crippen molar-refractivity contribution in [1.82, 2.24) is 15.6 Å². The minimum absolute atomic E-state index is 0. The summed E-state index contributed by atoms with van der Waals surface area (Å²) >= 11 is 0. The maximum absolute atomic E-state index is 10.4. The normalized spacial score (nSPS) is 9.65. The van der Waals surface area contributed by atoms with Crippen LogP contribution in [0.15, 0.2) is 48.7 Å². The molecule has 23 heavy (non-hydrogen) atoms. The van der Waals surface area contributed by atoms with Crippen molar-refractivity contribution < 1.29 is 9.53 Å². The molecule has 0 spiro atoms. The van der Waals surface area contributed by atoms with Gasteiger partial charge in [-0.3, -0.25) is 0 Å². The van der Waals surface area contributed by atoms with Crippen molar-refractivity contribution in [2.24, 2.45) is 0 Å². The quantitative estimate of drug-likeness (QED) is 0.453. The van der Waals surface area contributed by atoms with E-state index in [1.165, 1.54) is 5.56 Å². The molecule has 0 saturated carbocycles. The lowest BCUT2D eigenvalue weighted by Gasteiger charge is -2.23. The molecule has 0 aliphatic rings. The number of nitrogens with zero attached hydrogens (tertiary/aromatic N) is 3. The molecule has 0 amide bonds. The van der Waals surface area contributed by atoms with E-state index in [2.05, 4.69) is 28.9 Å². The summed E-state index contributed by atoms with van der Waals surface area (Å²) < 4.78 is 4.56. The molecule has 6 heteroatoms. The first-order valence-electron chi connectivity index (χ1n) is 7.04. The Morgan fingerprint density at radius 1 is 1.30 bits per heavy atom. The molecule has 1 rings (SSSR count). The molecule has 0 aromatic heterocycles. The van der Waals surface area contributed by atoms with Crippen molar-refractivity contribution in [3.63, 3.8) is 0 Å². The Kier molecular flexibility index (Phi) is 14.1.